The first kappa shape index (κ1) is 10.9. The summed E-state index contributed by atoms with van der Waals surface area (Å²) in [5, 5.41) is 9.35. The summed E-state index contributed by atoms with van der Waals surface area (Å²) in [5.74, 6) is -0.964. The van der Waals surface area contributed by atoms with Gasteiger partial charge in [0.25, 0.3) is 0 Å². The van der Waals surface area contributed by atoms with Crippen molar-refractivity contribution in [3.63, 3.8) is 0 Å². The van der Waals surface area contributed by atoms with Gasteiger partial charge in [-0.05, 0) is 30.7 Å². The van der Waals surface area contributed by atoms with Crippen LogP contribution in [0, 0.1) is 5.92 Å². The lowest BCUT2D eigenvalue weighted by Gasteiger charge is -2.23. The third kappa shape index (κ3) is 2.32. The molecule has 1 aromatic rings. The zero-order valence-electron chi connectivity index (χ0n) is 9.17. The van der Waals surface area contributed by atoms with Gasteiger partial charge in [-0.1, -0.05) is 42.5 Å². The first-order valence-electron chi connectivity index (χ1n) is 5.73. The number of allylic oxidation sites excluding steroid dienone is 2. The van der Waals surface area contributed by atoms with Crippen LogP contribution in [-0.4, -0.2) is 11.1 Å². The summed E-state index contributed by atoms with van der Waals surface area (Å²) >= 11 is 0. The Bertz CT molecular complexity index is 381. The fourth-order valence-corrected chi connectivity index (χ4v) is 2.35. The zero-order valence-corrected chi connectivity index (χ0v) is 9.17. The summed E-state index contributed by atoms with van der Waals surface area (Å²) in [6, 6.07) is 9.53. The molecule has 0 saturated carbocycles. The molecule has 16 heavy (non-hydrogen) atoms. The number of aliphatic carboxylic acids is 1. The smallest absolute Gasteiger partial charge is 0.311 e. The first-order chi connectivity index (χ1) is 7.79. The molecular formula is C14H16O2. The molecule has 2 rings (SSSR count). The summed E-state index contributed by atoms with van der Waals surface area (Å²) in [6.07, 6.45) is 7.32. The van der Waals surface area contributed by atoms with E-state index in [0.29, 0.717) is 0 Å². The molecule has 0 amide bonds. The molecule has 2 nitrogen and oxygen atoms in total. The van der Waals surface area contributed by atoms with Gasteiger partial charge in [0.2, 0.25) is 0 Å². The molecule has 1 aliphatic carbocycles. The minimum atomic E-state index is -0.720. The summed E-state index contributed by atoms with van der Waals surface area (Å²) in [7, 11) is 0. The van der Waals surface area contributed by atoms with E-state index in [4.69, 9.17) is 0 Å². The highest BCUT2D eigenvalue weighted by molar-refractivity contribution is 5.76. The largest absolute Gasteiger partial charge is 0.481 e. The van der Waals surface area contributed by atoms with E-state index in [1.807, 2.05) is 30.3 Å². The Hall–Kier alpha value is -1.57. The van der Waals surface area contributed by atoms with Crippen LogP contribution in [0.15, 0.2) is 42.5 Å². The number of carboxylic acids is 1. The number of carboxylic acid groups (broad SMARTS) is 1. The van der Waals surface area contributed by atoms with Crippen LogP contribution in [0.25, 0.3) is 0 Å². The monoisotopic (exact) mass is 216 g/mol. The number of benzene rings is 1. The highest BCUT2D eigenvalue weighted by Crippen LogP contribution is 2.32. The van der Waals surface area contributed by atoms with Crippen LogP contribution in [0.2, 0.25) is 0 Å². The van der Waals surface area contributed by atoms with Gasteiger partial charge in [0.15, 0.2) is 0 Å². The van der Waals surface area contributed by atoms with Gasteiger partial charge in [0.1, 0.15) is 0 Å². The lowest BCUT2D eigenvalue weighted by Crippen LogP contribution is -2.21. The van der Waals surface area contributed by atoms with Crippen molar-refractivity contribution in [1.82, 2.24) is 0 Å². The van der Waals surface area contributed by atoms with Gasteiger partial charge in [0.05, 0.1) is 5.92 Å². The fraction of sp³-hybridized carbons (Fsp3) is 0.357. The second-order valence-corrected chi connectivity index (χ2v) is 4.25. The Morgan fingerprint density at radius 1 is 1.31 bits per heavy atom. The molecule has 0 saturated heterocycles. The minimum absolute atomic E-state index is 0.147. The van der Waals surface area contributed by atoms with Crippen molar-refractivity contribution in [2.75, 3.05) is 0 Å². The number of hydrogen-bond donors (Lipinski definition) is 1. The highest BCUT2D eigenvalue weighted by Gasteiger charge is 2.28. The SMILES string of the molecule is O=C(O)[C@@H](c1ccccc1)[C@H]1C=CCCC1. The molecular weight excluding hydrogens is 200 g/mol. The predicted octanol–water partition coefficient (Wildman–Crippen LogP) is 3.21. The molecule has 0 heterocycles. The van der Waals surface area contributed by atoms with Crippen LogP contribution >= 0.6 is 0 Å². The van der Waals surface area contributed by atoms with Gasteiger partial charge in [-0.15, -0.1) is 0 Å². The average molecular weight is 216 g/mol. The van der Waals surface area contributed by atoms with Crippen molar-refractivity contribution < 1.29 is 9.90 Å². The topological polar surface area (TPSA) is 37.3 Å². The standard InChI is InChI=1S/C14H16O2/c15-14(16)13(11-7-3-1-4-8-11)12-9-5-2-6-10-12/h1,3-5,7-9,12-13H,2,6,10H2,(H,15,16)/t12-,13-/m0/s1. The van der Waals surface area contributed by atoms with E-state index in [-0.39, 0.29) is 5.92 Å². The summed E-state index contributed by atoms with van der Waals surface area (Å²) in [6.45, 7) is 0. The molecule has 2 heteroatoms. The van der Waals surface area contributed by atoms with Crippen molar-refractivity contribution in [1.29, 1.82) is 0 Å². The Kier molecular flexibility index (Phi) is 3.40. The van der Waals surface area contributed by atoms with E-state index in [9.17, 15) is 9.90 Å². The van der Waals surface area contributed by atoms with Crippen LogP contribution in [0.5, 0.6) is 0 Å². The molecule has 84 valence electrons. The quantitative estimate of drug-likeness (QED) is 0.788. The second kappa shape index (κ2) is 4.97. The Morgan fingerprint density at radius 3 is 2.62 bits per heavy atom. The maximum Gasteiger partial charge on any atom is 0.311 e. The van der Waals surface area contributed by atoms with Gasteiger partial charge < -0.3 is 5.11 Å². The molecule has 0 bridgehead atoms. The molecule has 1 N–H and O–H groups in total. The first-order valence-corrected chi connectivity index (χ1v) is 5.73. The van der Waals surface area contributed by atoms with Crippen molar-refractivity contribution in [3.05, 3.63) is 48.0 Å². The van der Waals surface area contributed by atoms with Gasteiger partial charge in [-0.2, -0.15) is 0 Å². The van der Waals surface area contributed by atoms with E-state index in [2.05, 4.69) is 12.2 Å². The molecule has 0 fully saturated rings. The zero-order chi connectivity index (χ0) is 11.4. The van der Waals surface area contributed by atoms with Crippen molar-refractivity contribution in [2.24, 2.45) is 5.92 Å². The van der Waals surface area contributed by atoms with Gasteiger partial charge in [-0.3, -0.25) is 4.79 Å². The Morgan fingerprint density at radius 2 is 2.06 bits per heavy atom. The van der Waals surface area contributed by atoms with Crippen LogP contribution in [0.3, 0.4) is 0 Å². The summed E-state index contributed by atoms with van der Waals surface area (Å²) < 4.78 is 0. The van der Waals surface area contributed by atoms with Crippen LogP contribution < -0.4 is 0 Å². The van der Waals surface area contributed by atoms with E-state index < -0.39 is 11.9 Å². The Labute approximate surface area is 95.6 Å². The molecule has 1 aromatic carbocycles. The van der Waals surface area contributed by atoms with Gasteiger partial charge in [-0.25, -0.2) is 0 Å². The average Bonchev–Trinajstić information content (AvgIpc) is 2.31. The normalized spacial score (nSPS) is 21.6. The number of rotatable bonds is 3. The van der Waals surface area contributed by atoms with Crippen molar-refractivity contribution in [2.45, 2.75) is 25.2 Å². The van der Waals surface area contributed by atoms with Crippen LogP contribution in [0.4, 0.5) is 0 Å². The highest BCUT2D eigenvalue weighted by atomic mass is 16.4. The van der Waals surface area contributed by atoms with E-state index in [1.54, 1.807) is 0 Å². The molecule has 0 unspecified atom stereocenters. The van der Waals surface area contributed by atoms with Crippen molar-refractivity contribution >= 4 is 5.97 Å². The molecule has 1 aliphatic rings. The number of carbonyl (C=O) groups is 1. The fourth-order valence-electron chi connectivity index (χ4n) is 2.35. The third-order valence-electron chi connectivity index (χ3n) is 3.14. The van der Waals surface area contributed by atoms with E-state index in [0.717, 1.165) is 24.8 Å². The molecule has 0 aromatic heterocycles. The van der Waals surface area contributed by atoms with Crippen LogP contribution in [-0.2, 0) is 4.79 Å². The number of hydrogen-bond acceptors (Lipinski definition) is 1. The van der Waals surface area contributed by atoms with Gasteiger partial charge >= 0.3 is 5.97 Å². The lowest BCUT2D eigenvalue weighted by atomic mass is 9.80. The second-order valence-electron chi connectivity index (χ2n) is 4.25. The third-order valence-corrected chi connectivity index (χ3v) is 3.14. The lowest BCUT2D eigenvalue weighted by molar-refractivity contribution is -0.139. The van der Waals surface area contributed by atoms with Crippen molar-refractivity contribution in [3.8, 4) is 0 Å². The molecule has 0 spiro atoms. The van der Waals surface area contributed by atoms with Crippen LogP contribution in [0.1, 0.15) is 30.7 Å². The molecule has 0 radical (unpaired) electrons. The minimum Gasteiger partial charge on any atom is -0.481 e. The summed E-state index contributed by atoms with van der Waals surface area (Å²) in [4.78, 5) is 11.4. The van der Waals surface area contributed by atoms with Gasteiger partial charge in [0, 0.05) is 0 Å². The maximum absolute atomic E-state index is 11.4. The molecule has 2 atom stereocenters. The summed E-state index contributed by atoms with van der Waals surface area (Å²) in [5.41, 5.74) is 0.909. The maximum atomic E-state index is 11.4. The van der Waals surface area contributed by atoms with E-state index in [1.165, 1.54) is 0 Å². The predicted molar refractivity (Wildman–Crippen MR) is 63.3 cm³/mol. The van der Waals surface area contributed by atoms with E-state index >= 15 is 0 Å². The molecule has 0 aliphatic heterocycles. The Balaban J connectivity index is 2.27.